The predicted octanol–water partition coefficient (Wildman–Crippen LogP) is 6.24. The molecule has 1 atom stereocenters. The van der Waals surface area contributed by atoms with Gasteiger partial charge in [0.05, 0.1) is 4.90 Å². The Morgan fingerprint density at radius 2 is 1.50 bits per heavy atom. The van der Waals surface area contributed by atoms with Crippen molar-refractivity contribution < 1.29 is 30.8 Å². The predicted molar refractivity (Wildman–Crippen MR) is 146 cm³/mol. The number of hydrogen-bond acceptors (Lipinski definition) is 5. The molecule has 40 heavy (non-hydrogen) atoms. The number of hydrogen-bond donors (Lipinski definition) is 3. The van der Waals surface area contributed by atoms with Gasteiger partial charge in [0.15, 0.2) is 0 Å². The van der Waals surface area contributed by atoms with Crippen molar-refractivity contribution >= 4 is 27.3 Å². The minimum absolute atomic E-state index is 0.0173. The molecular weight excluding hydrogens is 548 g/mol. The maximum Gasteiger partial charge on any atom is 0.253 e. The first-order chi connectivity index (χ1) is 18.6. The van der Waals surface area contributed by atoms with Gasteiger partial charge >= 0.3 is 0 Å². The average Bonchev–Trinajstić information content (AvgIpc) is 2.84. The molecule has 0 aliphatic heterocycles. The Balaban J connectivity index is 1.77. The fraction of sp³-hybridized carbons (Fsp3) is 0.357. The lowest BCUT2D eigenvalue weighted by molar-refractivity contribution is -0.116. The molecule has 0 unspecified atom stereocenters. The van der Waals surface area contributed by atoms with Crippen LogP contribution in [0.25, 0.3) is 11.1 Å². The highest BCUT2D eigenvalue weighted by molar-refractivity contribution is 7.89. The van der Waals surface area contributed by atoms with Crippen molar-refractivity contribution in [2.75, 3.05) is 10.6 Å². The Bertz CT molecular complexity index is 1450. The molecule has 0 bridgehead atoms. The number of nitrogens with zero attached hydrogens (tertiary/aromatic N) is 1. The lowest BCUT2D eigenvalue weighted by Gasteiger charge is -2.22. The van der Waals surface area contributed by atoms with Gasteiger partial charge in [-0.25, -0.2) is 13.1 Å². The van der Waals surface area contributed by atoms with E-state index in [1.165, 1.54) is 6.07 Å². The molecule has 0 aliphatic rings. The zero-order valence-corrected chi connectivity index (χ0v) is 23.6. The van der Waals surface area contributed by atoms with Gasteiger partial charge in [-0.2, -0.15) is 22.5 Å². The van der Waals surface area contributed by atoms with Gasteiger partial charge in [-0.05, 0) is 56.9 Å². The van der Waals surface area contributed by atoms with E-state index in [1.807, 2.05) is 13.8 Å². The van der Waals surface area contributed by atoms with Crippen LogP contribution in [0, 0.1) is 29.4 Å². The van der Waals surface area contributed by atoms with Crippen molar-refractivity contribution in [1.82, 2.24) is 9.71 Å². The molecule has 0 saturated carbocycles. The summed E-state index contributed by atoms with van der Waals surface area (Å²) in [5.74, 6) is -7.47. The molecule has 1 heterocycles. The summed E-state index contributed by atoms with van der Waals surface area (Å²) in [5, 5.41) is 5.10. The van der Waals surface area contributed by atoms with Crippen LogP contribution in [0.15, 0.2) is 53.4 Å². The van der Waals surface area contributed by atoms with E-state index in [0.717, 1.165) is 0 Å². The van der Waals surface area contributed by atoms with Gasteiger partial charge in [0.2, 0.25) is 27.6 Å². The molecule has 0 spiro atoms. The molecule has 216 valence electrons. The molecule has 0 aliphatic carbocycles. The van der Waals surface area contributed by atoms with Crippen LogP contribution < -0.4 is 15.4 Å². The summed E-state index contributed by atoms with van der Waals surface area (Å²) in [7, 11) is -3.82. The highest BCUT2D eigenvalue weighted by Gasteiger charge is 2.26. The van der Waals surface area contributed by atoms with Crippen LogP contribution in [-0.4, -0.2) is 30.9 Å². The van der Waals surface area contributed by atoms with Crippen LogP contribution in [0.1, 0.15) is 47.5 Å². The summed E-state index contributed by atoms with van der Waals surface area (Å²) in [6, 6.07) is 12.2. The minimum atomic E-state index is -3.82. The van der Waals surface area contributed by atoms with E-state index in [0.29, 0.717) is 16.8 Å². The third-order valence-electron chi connectivity index (χ3n) is 5.63. The van der Waals surface area contributed by atoms with E-state index in [2.05, 4.69) is 20.3 Å². The fourth-order valence-corrected chi connectivity index (χ4v) is 5.80. The summed E-state index contributed by atoms with van der Waals surface area (Å²) in [4.78, 5) is 15.4. The molecular formula is C28H32F4N4O3S. The van der Waals surface area contributed by atoms with Crippen molar-refractivity contribution in [3.8, 4) is 11.1 Å². The zero-order valence-electron chi connectivity index (χ0n) is 22.8. The van der Waals surface area contributed by atoms with Crippen LogP contribution in [0.4, 0.5) is 28.9 Å². The number of carbonyl (C=O) groups is 1. The quantitative estimate of drug-likeness (QED) is 0.195. The molecule has 12 heteroatoms. The number of halogens is 4. The third-order valence-corrected chi connectivity index (χ3v) is 7.45. The van der Waals surface area contributed by atoms with Gasteiger partial charge < -0.3 is 10.6 Å². The number of amides is 1. The maximum absolute atomic E-state index is 14.1. The molecule has 3 aromatic rings. The summed E-state index contributed by atoms with van der Waals surface area (Å²) < 4.78 is 84.0. The Hall–Kier alpha value is -3.51. The summed E-state index contributed by atoms with van der Waals surface area (Å²) in [6.07, 6.45) is 0.00851. The SMILES string of the molecule is CC(C)C[C@@H](CC(=O)Nc1ccc(-c2ccccc2S(=O)(=O)NC(C)(C)C)cc1)Nc1c(F)c(F)nc(F)c1F. The van der Waals surface area contributed by atoms with E-state index < -0.39 is 56.7 Å². The lowest BCUT2D eigenvalue weighted by Crippen LogP contribution is -2.40. The summed E-state index contributed by atoms with van der Waals surface area (Å²) in [6.45, 7) is 8.87. The Morgan fingerprint density at radius 3 is 2.05 bits per heavy atom. The van der Waals surface area contributed by atoms with Crippen molar-refractivity contribution in [2.24, 2.45) is 5.92 Å². The Morgan fingerprint density at radius 1 is 0.925 bits per heavy atom. The zero-order chi connectivity index (χ0) is 29.8. The van der Waals surface area contributed by atoms with Gasteiger partial charge in [-0.3, -0.25) is 4.79 Å². The second-order valence-corrected chi connectivity index (χ2v) is 12.5. The van der Waals surface area contributed by atoms with Gasteiger partial charge in [0, 0.05) is 29.3 Å². The number of benzene rings is 2. The van der Waals surface area contributed by atoms with Crippen LogP contribution in [0.3, 0.4) is 0 Å². The molecule has 3 N–H and O–H groups in total. The number of pyridine rings is 1. The van der Waals surface area contributed by atoms with Gasteiger partial charge in [0.25, 0.3) is 11.9 Å². The number of aromatic nitrogens is 1. The standard InChI is InChI=1S/C28H32F4N4O3S/c1-16(2)14-19(34-25-23(29)26(31)35-27(32)24(25)30)15-22(37)33-18-12-10-17(11-13-18)20-8-6-7-9-21(20)40(38,39)36-28(3,4)5/h6-13,16,19,36H,14-15H2,1-5H3,(H,33,37)(H,34,35)/t19-/m0/s1. The van der Waals surface area contributed by atoms with Gasteiger partial charge in [0.1, 0.15) is 5.69 Å². The molecule has 1 aromatic heterocycles. The molecule has 1 amide bonds. The number of carbonyl (C=O) groups excluding carboxylic acids is 1. The monoisotopic (exact) mass is 580 g/mol. The molecule has 7 nitrogen and oxygen atoms in total. The lowest BCUT2D eigenvalue weighted by atomic mass is 10.00. The van der Waals surface area contributed by atoms with E-state index in [1.54, 1.807) is 63.2 Å². The molecule has 0 saturated heterocycles. The highest BCUT2D eigenvalue weighted by Crippen LogP contribution is 2.29. The number of nitrogens with one attached hydrogen (secondary N) is 3. The topological polar surface area (TPSA) is 100 Å². The first kappa shape index (κ1) is 31.0. The Kier molecular flexibility index (Phi) is 9.57. The van der Waals surface area contributed by atoms with Crippen molar-refractivity contribution in [3.05, 3.63) is 72.1 Å². The Labute approximate surface area is 231 Å². The first-order valence-corrected chi connectivity index (χ1v) is 14.1. The average molecular weight is 581 g/mol. The number of sulfonamides is 1. The largest absolute Gasteiger partial charge is 0.377 e. The second-order valence-electron chi connectivity index (χ2n) is 10.8. The van der Waals surface area contributed by atoms with Crippen LogP contribution >= 0.6 is 0 Å². The molecule has 2 aromatic carbocycles. The van der Waals surface area contributed by atoms with Crippen LogP contribution in [0.2, 0.25) is 0 Å². The summed E-state index contributed by atoms with van der Waals surface area (Å²) in [5.41, 5.74) is -0.246. The number of rotatable bonds is 10. The van der Waals surface area contributed by atoms with Crippen LogP contribution in [-0.2, 0) is 14.8 Å². The molecule has 3 rings (SSSR count). The highest BCUT2D eigenvalue weighted by atomic mass is 32.2. The fourth-order valence-electron chi connectivity index (χ4n) is 4.15. The number of anilines is 2. The van der Waals surface area contributed by atoms with Crippen molar-refractivity contribution in [1.29, 1.82) is 0 Å². The summed E-state index contributed by atoms with van der Waals surface area (Å²) >= 11 is 0. The maximum atomic E-state index is 14.1. The molecule has 0 radical (unpaired) electrons. The smallest absolute Gasteiger partial charge is 0.253 e. The minimum Gasteiger partial charge on any atom is -0.377 e. The van der Waals surface area contributed by atoms with E-state index in [-0.39, 0.29) is 23.7 Å². The first-order valence-electron chi connectivity index (χ1n) is 12.6. The van der Waals surface area contributed by atoms with Crippen molar-refractivity contribution in [2.45, 2.75) is 63.9 Å². The second kappa shape index (κ2) is 12.3. The van der Waals surface area contributed by atoms with Gasteiger partial charge in [-0.15, -0.1) is 0 Å². The van der Waals surface area contributed by atoms with E-state index >= 15 is 0 Å². The van der Waals surface area contributed by atoms with Crippen molar-refractivity contribution in [3.63, 3.8) is 0 Å². The third kappa shape index (κ3) is 8.01. The van der Waals surface area contributed by atoms with E-state index in [4.69, 9.17) is 0 Å². The van der Waals surface area contributed by atoms with Crippen LogP contribution in [0.5, 0.6) is 0 Å². The normalized spacial score (nSPS) is 12.8. The molecule has 0 fully saturated rings. The van der Waals surface area contributed by atoms with E-state index in [9.17, 15) is 30.8 Å². The van der Waals surface area contributed by atoms with Gasteiger partial charge in [-0.1, -0.05) is 44.2 Å².